The van der Waals surface area contributed by atoms with E-state index in [1.807, 2.05) is 13.8 Å². The lowest BCUT2D eigenvalue weighted by molar-refractivity contribution is -0.137. The zero-order chi connectivity index (χ0) is 17.0. The van der Waals surface area contributed by atoms with Crippen molar-refractivity contribution in [3.63, 3.8) is 0 Å². The quantitative estimate of drug-likeness (QED) is 0.852. The molecule has 1 N–H and O–H groups in total. The van der Waals surface area contributed by atoms with Gasteiger partial charge in [0.2, 0.25) is 0 Å². The Morgan fingerprint density at radius 1 is 1.09 bits per heavy atom. The number of carbonyl (C=O) groups excluding carboxylic acids is 1. The van der Waals surface area contributed by atoms with E-state index in [-0.39, 0.29) is 11.9 Å². The third-order valence-corrected chi connectivity index (χ3v) is 3.68. The summed E-state index contributed by atoms with van der Waals surface area (Å²) < 4.78 is 37.9. The van der Waals surface area contributed by atoms with Crippen LogP contribution in [0.25, 0.3) is 11.1 Å². The highest BCUT2D eigenvalue weighted by Gasteiger charge is 2.30. The maximum Gasteiger partial charge on any atom is 0.416 e. The van der Waals surface area contributed by atoms with Gasteiger partial charge < -0.3 is 5.32 Å². The van der Waals surface area contributed by atoms with E-state index in [1.54, 1.807) is 24.3 Å². The Balaban J connectivity index is 2.35. The normalized spacial score (nSPS) is 12.7. The zero-order valence-corrected chi connectivity index (χ0v) is 12.9. The minimum atomic E-state index is -4.37. The molecule has 0 aliphatic carbocycles. The van der Waals surface area contributed by atoms with Gasteiger partial charge in [0.1, 0.15) is 0 Å². The summed E-state index contributed by atoms with van der Waals surface area (Å²) in [5, 5.41) is 2.87. The Morgan fingerprint density at radius 2 is 1.70 bits per heavy atom. The number of benzene rings is 2. The highest BCUT2D eigenvalue weighted by atomic mass is 19.4. The Kier molecular flexibility index (Phi) is 5.08. The van der Waals surface area contributed by atoms with Crippen molar-refractivity contribution in [1.29, 1.82) is 0 Å². The van der Waals surface area contributed by atoms with Crippen LogP contribution in [0.2, 0.25) is 0 Å². The van der Waals surface area contributed by atoms with Crippen molar-refractivity contribution in [2.24, 2.45) is 0 Å². The molecule has 2 rings (SSSR count). The summed E-state index contributed by atoms with van der Waals surface area (Å²) in [7, 11) is 0. The molecule has 5 heteroatoms. The van der Waals surface area contributed by atoms with Crippen LogP contribution in [0.4, 0.5) is 13.2 Å². The molecule has 1 unspecified atom stereocenters. The van der Waals surface area contributed by atoms with Gasteiger partial charge in [-0.3, -0.25) is 4.79 Å². The fourth-order valence-electron chi connectivity index (χ4n) is 2.18. The number of hydrogen-bond donors (Lipinski definition) is 1. The van der Waals surface area contributed by atoms with E-state index < -0.39 is 11.7 Å². The number of alkyl halides is 3. The first-order valence-corrected chi connectivity index (χ1v) is 7.40. The maximum atomic E-state index is 12.6. The Bertz CT molecular complexity index is 677. The summed E-state index contributed by atoms with van der Waals surface area (Å²) >= 11 is 0. The molecule has 122 valence electrons. The van der Waals surface area contributed by atoms with E-state index in [2.05, 4.69) is 5.32 Å². The van der Waals surface area contributed by atoms with Crippen molar-refractivity contribution < 1.29 is 18.0 Å². The number of amides is 1. The summed E-state index contributed by atoms with van der Waals surface area (Å²) in [6.45, 7) is 3.87. The molecule has 0 bridgehead atoms. The lowest BCUT2D eigenvalue weighted by Crippen LogP contribution is -2.32. The predicted molar refractivity (Wildman–Crippen MR) is 84.1 cm³/mol. The van der Waals surface area contributed by atoms with E-state index in [4.69, 9.17) is 0 Å². The number of halogens is 3. The molecule has 0 aromatic heterocycles. The van der Waals surface area contributed by atoms with Gasteiger partial charge in [-0.1, -0.05) is 37.3 Å². The maximum absolute atomic E-state index is 12.6. The molecular formula is C18H18F3NO. The van der Waals surface area contributed by atoms with Crippen molar-refractivity contribution in [3.8, 4) is 11.1 Å². The second-order valence-electron chi connectivity index (χ2n) is 5.40. The van der Waals surface area contributed by atoms with Crippen molar-refractivity contribution in [3.05, 3.63) is 59.7 Å². The molecule has 0 aliphatic heterocycles. The number of carbonyl (C=O) groups is 1. The highest BCUT2D eigenvalue weighted by molar-refractivity contribution is 6.01. The molecule has 0 aliphatic rings. The van der Waals surface area contributed by atoms with Crippen LogP contribution in [0, 0.1) is 0 Å². The first-order valence-electron chi connectivity index (χ1n) is 7.40. The summed E-state index contributed by atoms with van der Waals surface area (Å²) in [5.74, 6) is -0.227. The molecule has 0 radical (unpaired) electrons. The lowest BCUT2D eigenvalue weighted by atomic mass is 9.98. The van der Waals surface area contributed by atoms with Gasteiger partial charge in [-0.15, -0.1) is 0 Å². The van der Waals surface area contributed by atoms with Crippen LogP contribution in [-0.4, -0.2) is 11.9 Å². The van der Waals surface area contributed by atoms with Crippen molar-refractivity contribution in [2.45, 2.75) is 32.5 Å². The highest BCUT2D eigenvalue weighted by Crippen LogP contribution is 2.31. The monoisotopic (exact) mass is 321 g/mol. The summed E-state index contributed by atoms with van der Waals surface area (Å²) in [6.07, 6.45) is -3.57. The predicted octanol–water partition coefficient (Wildman–Crippen LogP) is 4.90. The Morgan fingerprint density at radius 3 is 2.26 bits per heavy atom. The molecule has 0 spiro atoms. The van der Waals surface area contributed by atoms with Gasteiger partial charge in [-0.2, -0.15) is 13.2 Å². The van der Waals surface area contributed by atoms with E-state index in [9.17, 15) is 18.0 Å². The largest absolute Gasteiger partial charge is 0.416 e. The first-order chi connectivity index (χ1) is 10.8. The number of nitrogens with one attached hydrogen (secondary N) is 1. The van der Waals surface area contributed by atoms with Gasteiger partial charge in [0.25, 0.3) is 5.91 Å². The van der Waals surface area contributed by atoms with Gasteiger partial charge in [-0.25, -0.2) is 0 Å². The van der Waals surface area contributed by atoms with Crippen LogP contribution in [-0.2, 0) is 6.18 Å². The SMILES string of the molecule is CCC(C)NC(=O)c1ccccc1-c1ccc(C(F)(F)F)cc1. The molecule has 2 aromatic rings. The van der Waals surface area contributed by atoms with Crippen molar-refractivity contribution >= 4 is 5.91 Å². The lowest BCUT2D eigenvalue weighted by Gasteiger charge is -2.14. The fraction of sp³-hybridized carbons (Fsp3) is 0.278. The van der Waals surface area contributed by atoms with Gasteiger partial charge in [0, 0.05) is 11.6 Å². The molecule has 0 heterocycles. The van der Waals surface area contributed by atoms with Gasteiger partial charge in [-0.05, 0) is 42.7 Å². The van der Waals surface area contributed by atoms with Gasteiger partial charge in [0.05, 0.1) is 5.56 Å². The molecule has 1 atom stereocenters. The molecule has 0 saturated heterocycles. The van der Waals surface area contributed by atoms with Crippen LogP contribution < -0.4 is 5.32 Å². The van der Waals surface area contributed by atoms with Crippen LogP contribution in [0.1, 0.15) is 36.2 Å². The smallest absolute Gasteiger partial charge is 0.350 e. The third kappa shape index (κ3) is 4.12. The third-order valence-electron chi connectivity index (χ3n) is 3.68. The molecule has 2 nitrogen and oxygen atoms in total. The molecule has 2 aromatic carbocycles. The van der Waals surface area contributed by atoms with Crippen molar-refractivity contribution in [1.82, 2.24) is 5.32 Å². The minimum absolute atomic E-state index is 0.0307. The van der Waals surface area contributed by atoms with E-state index in [1.165, 1.54) is 12.1 Å². The van der Waals surface area contributed by atoms with Crippen LogP contribution in [0.5, 0.6) is 0 Å². The number of hydrogen-bond acceptors (Lipinski definition) is 1. The van der Waals surface area contributed by atoms with E-state index >= 15 is 0 Å². The molecule has 1 amide bonds. The van der Waals surface area contributed by atoms with Crippen molar-refractivity contribution in [2.75, 3.05) is 0 Å². The number of rotatable bonds is 4. The zero-order valence-electron chi connectivity index (χ0n) is 12.9. The second kappa shape index (κ2) is 6.86. The second-order valence-corrected chi connectivity index (χ2v) is 5.40. The fourth-order valence-corrected chi connectivity index (χ4v) is 2.18. The first kappa shape index (κ1) is 17.1. The summed E-state index contributed by atoms with van der Waals surface area (Å²) in [5.41, 5.74) is 0.935. The molecule has 0 saturated carbocycles. The van der Waals surface area contributed by atoms with Crippen LogP contribution in [0.15, 0.2) is 48.5 Å². The van der Waals surface area contributed by atoms with Crippen LogP contribution >= 0.6 is 0 Å². The van der Waals surface area contributed by atoms with Gasteiger partial charge >= 0.3 is 6.18 Å². The molecule has 23 heavy (non-hydrogen) atoms. The average molecular weight is 321 g/mol. The standard InChI is InChI=1S/C18H18F3NO/c1-3-12(2)22-17(23)16-7-5-4-6-15(16)13-8-10-14(11-9-13)18(19,20)21/h4-12H,3H2,1-2H3,(H,22,23). The van der Waals surface area contributed by atoms with E-state index in [0.717, 1.165) is 18.6 Å². The Hall–Kier alpha value is -2.30. The summed E-state index contributed by atoms with van der Waals surface area (Å²) in [6, 6.07) is 11.8. The molecular weight excluding hydrogens is 303 g/mol. The minimum Gasteiger partial charge on any atom is -0.350 e. The van der Waals surface area contributed by atoms with Crippen LogP contribution in [0.3, 0.4) is 0 Å². The average Bonchev–Trinajstić information content (AvgIpc) is 2.54. The molecule has 0 fully saturated rings. The van der Waals surface area contributed by atoms with Gasteiger partial charge in [0.15, 0.2) is 0 Å². The summed E-state index contributed by atoms with van der Waals surface area (Å²) in [4.78, 5) is 12.3. The van der Waals surface area contributed by atoms with E-state index in [0.29, 0.717) is 16.7 Å². The Labute approximate surface area is 133 Å². The topological polar surface area (TPSA) is 29.1 Å².